The first-order valence-corrected chi connectivity index (χ1v) is 6.69. The fourth-order valence-corrected chi connectivity index (χ4v) is 2.33. The summed E-state index contributed by atoms with van der Waals surface area (Å²) in [5.41, 5.74) is 0.154. The van der Waals surface area contributed by atoms with Crippen LogP contribution in [0.3, 0.4) is 0 Å². The maximum atomic E-state index is 13.8. The molecule has 7 heteroatoms. The van der Waals surface area contributed by atoms with E-state index in [0.29, 0.717) is 16.3 Å². The molecule has 2 aromatic rings. The largest absolute Gasteiger partial charge is 0.476 e. The summed E-state index contributed by atoms with van der Waals surface area (Å²) >= 11 is 5.86. The summed E-state index contributed by atoms with van der Waals surface area (Å²) in [6.07, 6.45) is 0. The van der Waals surface area contributed by atoms with Gasteiger partial charge in [0.25, 0.3) is 0 Å². The Hall–Kier alpha value is -1.95. The summed E-state index contributed by atoms with van der Waals surface area (Å²) in [4.78, 5) is 11.2. The fraction of sp³-hybridized carbons (Fsp3) is 0.357. The van der Waals surface area contributed by atoms with E-state index in [0.717, 1.165) is 0 Å². The van der Waals surface area contributed by atoms with E-state index in [9.17, 15) is 14.3 Å². The molecule has 0 unspecified atom stereocenters. The Morgan fingerprint density at radius 3 is 2.67 bits per heavy atom. The van der Waals surface area contributed by atoms with E-state index in [2.05, 4.69) is 10.3 Å². The van der Waals surface area contributed by atoms with Crippen LogP contribution in [0.1, 0.15) is 42.5 Å². The third kappa shape index (κ3) is 3.21. The molecule has 1 aromatic carbocycles. The maximum Gasteiger partial charge on any atom is 0.358 e. The van der Waals surface area contributed by atoms with Crippen LogP contribution in [0.4, 0.5) is 4.39 Å². The van der Waals surface area contributed by atoms with E-state index in [4.69, 9.17) is 11.6 Å². The van der Waals surface area contributed by atoms with Gasteiger partial charge in [0, 0.05) is 16.0 Å². The number of carboxylic acids is 1. The van der Waals surface area contributed by atoms with Crippen LogP contribution in [0.25, 0.3) is 0 Å². The molecular formula is C14H15ClFN3O2. The maximum absolute atomic E-state index is 13.8. The molecule has 0 radical (unpaired) electrons. The second kappa shape index (κ2) is 5.44. The van der Waals surface area contributed by atoms with Gasteiger partial charge in [-0.15, -0.1) is 5.10 Å². The van der Waals surface area contributed by atoms with Crippen LogP contribution in [0.15, 0.2) is 18.2 Å². The molecule has 5 nitrogen and oxygen atoms in total. The molecule has 1 aromatic heterocycles. The molecule has 2 rings (SSSR count). The molecule has 21 heavy (non-hydrogen) atoms. The molecule has 1 heterocycles. The predicted molar refractivity (Wildman–Crippen MR) is 76.2 cm³/mol. The molecule has 0 saturated heterocycles. The number of rotatable bonds is 3. The zero-order valence-electron chi connectivity index (χ0n) is 11.9. The Labute approximate surface area is 126 Å². The number of hydrogen-bond acceptors (Lipinski definition) is 3. The Morgan fingerprint density at radius 1 is 1.43 bits per heavy atom. The number of halogens is 2. The Kier molecular flexibility index (Phi) is 4.00. The van der Waals surface area contributed by atoms with E-state index in [1.807, 2.05) is 20.8 Å². The highest BCUT2D eigenvalue weighted by Crippen LogP contribution is 2.26. The molecule has 112 valence electrons. The Balaban J connectivity index is 2.50. The van der Waals surface area contributed by atoms with E-state index >= 15 is 0 Å². The van der Waals surface area contributed by atoms with Gasteiger partial charge in [0.05, 0.1) is 12.2 Å². The lowest BCUT2D eigenvalue weighted by atomic mass is 9.90. The lowest BCUT2D eigenvalue weighted by Gasteiger charge is -2.20. The van der Waals surface area contributed by atoms with Crippen molar-refractivity contribution in [1.29, 1.82) is 0 Å². The molecule has 1 N–H and O–H groups in total. The monoisotopic (exact) mass is 311 g/mol. The van der Waals surface area contributed by atoms with Crippen LogP contribution in [0, 0.1) is 5.82 Å². The SMILES string of the molecule is CC(C)(C)c1c(C(=O)O)nnn1Cc1cc(Cl)ccc1F. The minimum atomic E-state index is -1.15. The number of hydrogen-bond donors (Lipinski definition) is 1. The van der Waals surface area contributed by atoms with Crippen LogP contribution in [0.2, 0.25) is 5.02 Å². The predicted octanol–water partition coefficient (Wildman–Crippen LogP) is 3.11. The van der Waals surface area contributed by atoms with Crippen molar-refractivity contribution >= 4 is 17.6 Å². The minimum Gasteiger partial charge on any atom is -0.476 e. The average Bonchev–Trinajstić information content (AvgIpc) is 2.77. The second-order valence-corrected chi connectivity index (χ2v) is 6.17. The number of carboxylic acid groups (broad SMARTS) is 1. The van der Waals surface area contributed by atoms with Gasteiger partial charge >= 0.3 is 5.97 Å². The summed E-state index contributed by atoms with van der Waals surface area (Å²) in [6.45, 7) is 5.62. The zero-order chi connectivity index (χ0) is 15.8. The highest BCUT2D eigenvalue weighted by atomic mass is 35.5. The smallest absolute Gasteiger partial charge is 0.358 e. The lowest BCUT2D eigenvalue weighted by Crippen LogP contribution is -2.22. The summed E-state index contributed by atoms with van der Waals surface area (Å²) < 4.78 is 15.2. The first kappa shape index (κ1) is 15.4. The molecular weight excluding hydrogens is 297 g/mol. The summed E-state index contributed by atoms with van der Waals surface area (Å²) in [6, 6.07) is 4.21. The van der Waals surface area contributed by atoms with Crippen LogP contribution < -0.4 is 0 Å². The van der Waals surface area contributed by atoms with Gasteiger partial charge in [-0.2, -0.15) is 0 Å². The number of carbonyl (C=O) groups is 1. The van der Waals surface area contributed by atoms with Crippen molar-refractivity contribution in [2.75, 3.05) is 0 Å². The zero-order valence-corrected chi connectivity index (χ0v) is 12.6. The highest BCUT2D eigenvalue weighted by Gasteiger charge is 2.29. The van der Waals surface area contributed by atoms with E-state index < -0.39 is 17.2 Å². The number of benzene rings is 1. The van der Waals surface area contributed by atoms with E-state index in [-0.39, 0.29) is 12.2 Å². The number of nitrogens with zero attached hydrogens (tertiary/aromatic N) is 3. The lowest BCUT2D eigenvalue weighted by molar-refractivity contribution is 0.0687. The van der Waals surface area contributed by atoms with Crippen LogP contribution in [-0.2, 0) is 12.0 Å². The van der Waals surface area contributed by atoms with Crippen molar-refractivity contribution in [2.24, 2.45) is 0 Å². The van der Waals surface area contributed by atoms with Crippen molar-refractivity contribution in [2.45, 2.75) is 32.7 Å². The summed E-state index contributed by atoms with van der Waals surface area (Å²) in [5.74, 6) is -1.58. The molecule has 0 aliphatic carbocycles. The third-order valence-electron chi connectivity index (χ3n) is 2.98. The summed E-state index contributed by atoms with van der Waals surface area (Å²) in [5, 5.41) is 17.1. The van der Waals surface area contributed by atoms with Gasteiger partial charge in [-0.05, 0) is 18.2 Å². The molecule has 0 saturated carbocycles. The molecule has 0 bridgehead atoms. The van der Waals surface area contributed by atoms with Gasteiger partial charge in [-0.3, -0.25) is 0 Å². The molecule has 0 spiro atoms. The quantitative estimate of drug-likeness (QED) is 0.945. The normalized spacial score (nSPS) is 11.7. The van der Waals surface area contributed by atoms with Crippen molar-refractivity contribution in [3.05, 3.63) is 46.0 Å². The van der Waals surface area contributed by atoms with Crippen molar-refractivity contribution in [1.82, 2.24) is 15.0 Å². The minimum absolute atomic E-state index is 0.0687. The average molecular weight is 312 g/mol. The molecule has 0 fully saturated rings. The van der Waals surface area contributed by atoms with Crippen molar-refractivity contribution in [3.63, 3.8) is 0 Å². The topological polar surface area (TPSA) is 68.0 Å². The molecule has 0 atom stereocenters. The molecule has 0 amide bonds. The van der Waals surface area contributed by atoms with Gasteiger partial charge in [0.1, 0.15) is 5.82 Å². The van der Waals surface area contributed by atoms with Crippen molar-refractivity contribution < 1.29 is 14.3 Å². The molecule has 0 aliphatic rings. The first-order valence-electron chi connectivity index (χ1n) is 6.31. The van der Waals surface area contributed by atoms with Crippen LogP contribution in [-0.4, -0.2) is 26.1 Å². The number of aromatic carboxylic acids is 1. The van der Waals surface area contributed by atoms with Crippen LogP contribution >= 0.6 is 11.6 Å². The van der Waals surface area contributed by atoms with Gasteiger partial charge in [0.2, 0.25) is 0 Å². The van der Waals surface area contributed by atoms with Gasteiger partial charge < -0.3 is 5.11 Å². The first-order chi connectivity index (χ1) is 9.70. The standard InChI is InChI=1S/C14H15ClFN3O2/c1-14(2,3)12-11(13(20)21)17-18-19(12)7-8-6-9(15)4-5-10(8)16/h4-6H,7H2,1-3H3,(H,20,21). The Morgan fingerprint density at radius 2 is 2.10 bits per heavy atom. The third-order valence-corrected chi connectivity index (χ3v) is 3.21. The second-order valence-electron chi connectivity index (χ2n) is 5.74. The van der Waals surface area contributed by atoms with Gasteiger partial charge in [-0.1, -0.05) is 37.6 Å². The van der Waals surface area contributed by atoms with E-state index in [1.54, 1.807) is 0 Å². The van der Waals surface area contributed by atoms with Crippen molar-refractivity contribution in [3.8, 4) is 0 Å². The van der Waals surface area contributed by atoms with Gasteiger partial charge in [0.15, 0.2) is 5.69 Å². The highest BCUT2D eigenvalue weighted by molar-refractivity contribution is 6.30. The number of aromatic nitrogens is 3. The Bertz CT molecular complexity index is 692. The van der Waals surface area contributed by atoms with Crippen LogP contribution in [0.5, 0.6) is 0 Å². The summed E-state index contributed by atoms with van der Waals surface area (Å²) in [7, 11) is 0. The fourth-order valence-electron chi connectivity index (χ4n) is 2.14. The van der Waals surface area contributed by atoms with E-state index in [1.165, 1.54) is 22.9 Å². The molecule has 0 aliphatic heterocycles. The van der Waals surface area contributed by atoms with Gasteiger partial charge in [-0.25, -0.2) is 13.9 Å².